The highest BCUT2D eigenvalue weighted by Gasteiger charge is 1.85. The van der Waals surface area contributed by atoms with Crippen molar-refractivity contribution in [2.24, 2.45) is 0 Å². The molecule has 0 aliphatic carbocycles. The molecule has 5 heavy (non-hydrogen) atoms. The van der Waals surface area contributed by atoms with Gasteiger partial charge in [-0.3, -0.25) is 0 Å². The summed E-state index contributed by atoms with van der Waals surface area (Å²) < 4.78 is 0. The molecule has 0 saturated heterocycles. The van der Waals surface area contributed by atoms with Crippen LogP contribution in [-0.2, 0) is 0 Å². The van der Waals surface area contributed by atoms with Gasteiger partial charge in [-0.25, -0.2) is 0 Å². The van der Waals surface area contributed by atoms with Crippen molar-refractivity contribution < 1.29 is 10.2 Å². The van der Waals surface area contributed by atoms with Crippen molar-refractivity contribution in [2.75, 3.05) is 6.61 Å². The highest BCUT2D eigenvalue weighted by molar-refractivity contribution is 7.17. The van der Waals surface area contributed by atoms with Gasteiger partial charge in [0.1, 0.15) is 5.85 Å². The largest absolute Gasteiger partial charge is 0.393 e. The Labute approximate surface area is 33.0 Å². The Kier molecular flexibility index (Phi) is 2.76. The van der Waals surface area contributed by atoms with Crippen LogP contribution in [0.1, 0.15) is 0 Å². The van der Waals surface area contributed by atoms with Crippen LogP contribution in [0, 0.1) is 0 Å². The third kappa shape index (κ3) is 4.35. The van der Waals surface area contributed by atoms with E-state index in [4.69, 9.17) is 10.2 Å². The lowest BCUT2D eigenvalue weighted by Gasteiger charge is -1.88. The maximum absolute atomic E-state index is 7.98. The first kappa shape index (κ1) is 5.35. The quantitative estimate of drug-likeness (QED) is 0.436. The van der Waals surface area contributed by atoms with Crippen LogP contribution in [0.3, 0.4) is 0 Å². The molecule has 0 fully saturated rings. The van der Waals surface area contributed by atoms with E-state index in [9.17, 15) is 0 Å². The molecule has 0 heterocycles. The first-order valence-electron chi connectivity index (χ1n) is 1.24. The van der Waals surface area contributed by atoms with Crippen LogP contribution < -0.4 is 0 Å². The van der Waals surface area contributed by atoms with E-state index in [2.05, 4.69) is 9.24 Å². The topological polar surface area (TPSA) is 40.5 Å². The molecule has 0 rings (SSSR count). The predicted octanol–water partition coefficient (Wildman–Crippen LogP) is -0.292. The van der Waals surface area contributed by atoms with E-state index in [-0.39, 0.29) is 6.61 Å². The second-order valence-corrected chi connectivity index (χ2v) is 1.26. The third-order valence-electron chi connectivity index (χ3n) is 0.163. The number of hydrogen-bond acceptors (Lipinski definition) is 2. The Morgan fingerprint density at radius 3 is 2.00 bits per heavy atom. The summed E-state index contributed by atoms with van der Waals surface area (Å²) in [5.74, 6) is -0.866. The molecule has 1 atom stereocenters. The fourth-order valence-corrected chi connectivity index (χ4v) is 0. The van der Waals surface area contributed by atoms with Crippen LogP contribution in [0.25, 0.3) is 0 Å². The molecule has 3 heteroatoms. The molecule has 0 aliphatic heterocycles. The fraction of sp³-hybridized carbons (Fsp3) is 1.00. The molecule has 0 bridgehead atoms. The summed E-state index contributed by atoms with van der Waals surface area (Å²) in [5.41, 5.74) is 0. The second kappa shape index (κ2) is 2.58. The van der Waals surface area contributed by atoms with Gasteiger partial charge in [-0.05, 0) is 9.24 Å². The van der Waals surface area contributed by atoms with Crippen molar-refractivity contribution in [3.8, 4) is 0 Å². The minimum Gasteiger partial charge on any atom is -0.393 e. The summed E-state index contributed by atoms with van der Waals surface area (Å²) in [6.07, 6.45) is 0. The molecule has 0 aromatic heterocycles. The van der Waals surface area contributed by atoms with E-state index in [1.54, 1.807) is 0 Å². The third-order valence-corrected chi connectivity index (χ3v) is 0.327. The summed E-state index contributed by atoms with van der Waals surface area (Å²) in [5, 5.41) is 15.8. The molecule has 2 nitrogen and oxygen atoms in total. The summed E-state index contributed by atoms with van der Waals surface area (Å²) in [4.78, 5) is 0. The first-order chi connectivity index (χ1) is 2.27. The smallest absolute Gasteiger partial charge is 0.105 e. The van der Waals surface area contributed by atoms with Gasteiger partial charge in [-0.1, -0.05) is 0 Å². The minimum absolute atomic E-state index is 0.275. The van der Waals surface area contributed by atoms with E-state index in [0.29, 0.717) is 0 Å². The van der Waals surface area contributed by atoms with E-state index < -0.39 is 5.85 Å². The maximum Gasteiger partial charge on any atom is 0.105 e. The lowest BCUT2D eigenvalue weighted by Crippen LogP contribution is -1.98. The summed E-state index contributed by atoms with van der Waals surface area (Å²) in [6.45, 7) is -0.275. The normalized spacial score (nSPS) is 15.0. The van der Waals surface area contributed by atoms with Gasteiger partial charge in [-0.15, -0.1) is 0 Å². The maximum atomic E-state index is 7.98. The highest BCUT2D eigenvalue weighted by Crippen LogP contribution is 1.87. The average Bonchev–Trinajstić information content (AvgIpc) is 1.38. The molecule has 0 aromatic carbocycles. The van der Waals surface area contributed by atoms with Gasteiger partial charge in [-0.2, -0.15) is 0 Å². The Balaban J connectivity index is 2.54. The van der Waals surface area contributed by atoms with Crippen molar-refractivity contribution in [3.05, 3.63) is 0 Å². The van der Waals surface area contributed by atoms with Crippen LogP contribution in [0.15, 0.2) is 0 Å². The number of hydrogen-bond donors (Lipinski definition) is 2. The zero-order valence-electron chi connectivity index (χ0n) is 2.63. The molecule has 0 spiro atoms. The SMILES string of the molecule is OCC(O)[P]. The lowest BCUT2D eigenvalue weighted by atomic mass is 10.8. The Bertz CT molecular complexity index is 21.6. The summed E-state index contributed by atoms with van der Waals surface area (Å²) in [6, 6.07) is 0. The van der Waals surface area contributed by atoms with Gasteiger partial charge in [0, 0.05) is 0 Å². The van der Waals surface area contributed by atoms with Gasteiger partial charge in [0.25, 0.3) is 0 Å². The molecule has 0 aromatic rings. The van der Waals surface area contributed by atoms with E-state index >= 15 is 0 Å². The highest BCUT2D eigenvalue weighted by atomic mass is 31.0. The number of aliphatic hydroxyl groups excluding tert-OH is 2. The standard InChI is InChI=1S/C2H5O2P/c3-1-2(4)5/h2-4H,1H2. The van der Waals surface area contributed by atoms with Crippen LogP contribution in [-0.4, -0.2) is 22.7 Å². The van der Waals surface area contributed by atoms with E-state index in [0.717, 1.165) is 0 Å². The Hall–Kier alpha value is 0.350. The van der Waals surface area contributed by atoms with Gasteiger partial charge in [0.05, 0.1) is 6.61 Å². The first-order valence-corrected chi connectivity index (χ1v) is 1.76. The molecule has 2 radical (unpaired) electrons. The molecular weight excluding hydrogens is 87.0 g/mol. The molecule has 1 unspecified atom stereocenters. The monoisotopic (exact) mass is 92.0 g/mol. The Morgan fingerprint density at radius 1 is 1.80 bits per heavy atom. The summed E-state index contributed by atoms with van der Waals surface area (Å²) in [7, 11) is 3.40. The van der Waals surface area contributed by atoms with Crippen molar-refractivity contribution in [3.63, 3.8) is 0 Å². The van der Waals surface area contributed by atoms with Crippen molar-refractivity contribution in [2.45, 2.75) is 5.85 Å². The Morgan fingerprint density at radius 2 is 2.00 bits per heavy atom. The predicted molar refractivity (Wildman–Crippen MR) is 20.0 cm³/mol. The van der Waals surface area contributed by atoms with Crippen LogP contribution in [0.5, 0.6) is 0 Å². The molecule has 0 aliphatic rings. The molecule has 2 N–H and O–H groups in total. The van der Waals surface area contributed by atoms with Crippen LogP contribution in [0.4, 0.5) is 0 Å². The number of aliphatic hydroxyl groups is 2. The second-order valence-electron chi connectivity index (χ2n) is 0.663. The zero-order chi connectivity index (χ0) is 4.28. The van der Waals surface area contributed by atoms with Gasteiger partial charge in [0.15, 0.2) is 0 Å². The van der Waals surface area contributed by atoms with Gasteiger partial charge >= 0.3 is 0 Å². The molecular formula is C2H5O2P. The van der Waals surface area contributed by atoms with Crippen LogP contribution in [0.2, 0.25) is 0 Å². The zero-order valence-corrected chi connectivity index (χ0v) is 3.52. The molecule has 30 valence electrons. The molecule has 0 saturated carbocycles. The van der Waals surface area contributed by atoms with E-state index in [1.165, 1.54) is 0 Å². The van der Waals surface area contributed by atoms with Crippen molar-refractivity contribution >= 4 is 9.24 Å². The van der Waals surface area contributed by atoms with Crippen LogP contribution >= 0.6 is 9.24 Å². The average molecular weight is 92.0 g/mol. The van der Waals surface area contributed by atoms with Gasteiger partial charge < -0.3 is 10.2 Å². The minimum atomic E-state index is -0.866. The van der Waals surface area contributed by atoms with Crippen molar-refractivity contribution in [1.82, 2.24) is 0 Å². The van der Waals surface area contributed by atoms with Crippen molar-refractivity contribution in [1.29, 1.82) is 0 Å². The number of rotatable bonds is 1. The molecule has 0 amide bonds. The van der Waals surface area contributed by atoms with E-state index in [1.807, 2.05) is 0 Å². The summed E-state index contributed by atoms with van der Waals surface area (Å²) >= 11 is 0. The lowest BCUT2D eigenvalue weighted by molar-refractivity contribution is 0.160. The fourth-order valence-electron chi connectivity index (χ4n) is 0. The van der Waals surface area contributed by atoms with Gasteiger partial charge in [0.2, 0.25) is 0 Å².